The Morgan fingerprint density at radius 3 is 2.25 bits per heavy atom. The standard InChI is InChI=1S/C26H35Cl2N3O5/c1-17-24(14-32)31(30(4)29-17)13-21(34)16-35-22-8-5-18(6-9-22)26(2,3)19-7-10-25(23(28)11-19)36-15-20(33)12-27/h5-11,20-21,29,32-34H,12-16H2,1-4H3/t20-,21+/m0/s1. The van der Waals surface area contributed by atoms with Crippen molar-refractivity contribution in [1.82, 2.24) is 15.6 Å². The molecule has 10 heteroatoms. The third-order valence-corrected chi connectivity index (χ3v) is 6.90. The van der Waals surface area contributed by atoms with Crippen LogP contribution in [-0.4, -0.2) is 76.9 Å². The van der Waals surface area contributed by atoms with Crippen LogP contribution in [-0.2, 0) is 5.41 Å². The zero-order valence-corrected chi connectivity index (χ0v) is 22.6. The Morgan fingerprint density at radius 1 is 1.00 bits per heavy atom. The summed E-state index contributed by atoms with van der Waals surface area (Å²) in [4.78, 5) is 0. The molecule has 2 aromatic carbocycles. The van der Waals surface area contributed by atoms with E-state index in [4.69, 9.17) is 32.7 Å². The maximum Gasteiger partial charge on any atom is 0.138 e. The van der Waals surface area contributed by atoms with Crippen molar-refractivity contribution in [2.75, 3.05) is 39.3 Å². The van der Waals surface area contributed by atoms with Crippen molar-refractivity contribution in [2.24, 2.45) is 0 Å². The number of alkyl halides is 1. The van der Waals surface area contributed by atoms with E-state index >= 15 is 0 Å². The number of allylic oxidation sites excluding steroid dienone is 1. The number of hydrogen-bond acceptors (Lipinski definition) is 8. The van der Waals surface area contributed by atoms with Crippen molar-refractivity contribution in [3.05, 3.63) is 70.0 Å². The Kier molecular flexibility index (Phi) is 9.74. The third-order valence-electron chi connectivity index (χ3n) is 6.25. The molecule has 2 atom stereocenters. The molecule has 0 amide bonds. The van der Waals surface area contributed by atoms with Gasteiger partial charge < -0.3 is 30.2 Å². The SMILES string of the molecule is CC1=C(CO)N(C[C@@H](O)COc2ccc(C(C)(C)c3ccc(OC[C@@H](O)CCl)c(Cl)c3)cc2)N(C)N1. The molecule has 1 aliphatic rings. The molecule has 0 fully saturated rings. The largest absolute Gasteiger partial charge is 0.491 e. The van der Waals surface area contributed by atoms with Crippen LogP contribution in [0.5, 0.6) is 11.5 Å². The first kappa shape index (κ1) is 28.4. The van der Waals surface area contributed by atoms with Crippen LogP contribution >= 0.6 is 23.2 Å². The first-order valence-corrected chi connectivity index (χ1v) is 12.6. The summed E-state index contributed by atoms with van der Waals surface area (Å²) in [6, 6.07) is 13.4. The van der Waals surface area contributed by atoms with Gasteiger partial charge in [-0.25, -0.2) is 0 Å². The van der Waals surface area contributed by atoms with Gasteiger partial charge in [-0.05, 0) is 42.3 Å². The fourth-order valence-corrected chi connectivity index (χ4v) is 4.32. The summed E-state index contributed by atoms with van der Waals surface area (Å²) in [5.41, 5.74) is 6.40. The molecular formula is C26H35Cl2N3O5. The highest BCUT2D eigenvalue weighted by Crippen LogP contribution is 2.36. The number of aliphatic hydroxyl groups is 3. The monoisotopic (exact) mass is 539 g/mol. The Hall–Kier alpha value is -2.20. The van der Waals surface area contributed by atoms with Gasteiger partial charge in [0.15, 0.2) is 0 Å². The molecule has 2 aromatic rings. The highest BCUT2D eigenvalue weighted by molar-refractivity contribution is 6.32. The number of hydrogen-bond donors (Lipinski definition) is 4. The lowest BCUT2D eigenvalue weighted by Crippen LogP contribution is -2.45. The maximum absolute atomic E-state index is 10.5. The second-order valence-corrected chi connectivity index (χ2v) is 10.0. The van der Waals surface area contributed by atoms with E-state index in [0.717, 1.165) is 22.5 Å². The second-order valence-electron chi connectivity index (χ2n) is 9.33. The molecule has 198 valence electrons. The minimum absolute atomic E-state index is 0.0761. The molecule has 0 saturated carbocycles. The van der Waals surface area contributed by atoms with Crippen LogP contribution < -0.4 is 14.9 Å². The molecule has 0 aromatic heterocycles. The zero-order valence-electron chi connectivity index (χ0n) is 21.0. The molecule has 4 N–H and O–H groups in total. The molecule has 36 heavy (non-hydrogen) atoms. The number of nitrogens with one attached hydrogen (secondary N) is 1. The lowest BCUT2D eigenvalue weighted by molar-refractivity contribution is -0.0279. The van der Waals surface area contributed by atoms with Crippen LogP contribution in [0.25, 0.3) is 0 Å². The maximum atomic E-state index is 10.5. The van der Waals surface area contributed by atoms with Gasteiger partial charge in [0.25, 0.3) is 0 Å². The summed E-state index contributed by atoms with van der Waals surface area (Å²) < 4.78 is 11.4. The molecule has 0 aliphatic carbocycles. The Balaban J connectivity index is 1.60. The van der Waals surface area contributed by atoms with Gasteiger partial charge in [0.1, 0.15) is 36.9 Å². The average Bonchev–Trinajstić information content (AvgIpc) is 3.13. The number of nitrogens with zero attached hydrogens (tertiary/aromatic N) is 2. The first-order valence-electron chi connectivity index (χ1n) is 11.7. The van der Waals surface area contributed by atoms with Gasteiger partial charge in [-0.15, -0.1) is 16.7 Å². The first-order chi connectivity index (χ1) is 17.1. The molecule has 0 saturated heterocycles. The lowest BCUT2D eigenvalue weighted by atomic mass is 9.78. The predicted molar refractivity (Wildman–Crippen MR) is 141 cm³/mol. The third kappa shape index (κ3) is 6.76. The second kappa shape index (κ2) is 12.4. The van der Waals surface area contributed by atoms with Crippen LogP contribution in [0.1, 0.15) is 31.9 Å². The van der Waals surface area contributed by atoms with Crippen LogP contribution in [0.15, 0.2) is 53.9 Å². The van der Waals surface area contributed by atoms with Crippen molar-refractivity contribution in [3.63, 3.8) is 0 Å². The van der Waals surface area contributed by atoms with Crippen molar-refractivity contribution in [3.8, 4) is 11.5 Å². The van der Waals surface area contributed by atoms with Gasteiger partial charge in [-0.3, -0.25) is 5.01 Å². The highest BCUT2D eigenvalue weighted by atomic mass is 35.5. The molecule has 3 rings (SSSR count). The quantitative estimate of drug-likeness (QED) is 0.305. The van der Waals surface area contributed by atoms with Gasteiger partial charge in [0.05, 0.1) is 29.8 Å². The molecule has 0 unspecified atom stereocenters. The van der Waals surface area contributed by atoms with E-state index in [1.807, 2.05) is 50.4 Å². The lowest BCUT2D eigenvalue weighted by Gasteiger charge is -2.29. The van der Waals surface area contributed by atoms with E-state index < -0.39 is 12.2 Å². The van der Waals surface area contributed by atoms with Gasteiger partial charge >= 0.3 is 0 Å². The molecule has 8 nitrogen and oxygen atoms in total. The molecule has 1 aliphatic heterocycles. The molecule has 0 radical (unpaired) electrons. The van der Waals surface area contributed by atoms with Crippen molar-refractivity contribution < 1.29 is 24.8 Å². The number of ether oxygens (including phenoxy) is 2. The summed E-state index contributed by atoms with van der Waals surface area (Å²) >= 11 is 12.0. The predicted octanol–water partition coefficient (Wildman–Crippen LogP) is 3.27. The fourth-order valence-electron chi connectivity index (χ4n) is 3.99. The molecule has 0 bridgehead atoms. The minimum atomic E-state index is -0.758. The topological polar surface area (TPSA) is 97.7 Å². The average molecular weight is 540 g/mol. The van der Waals surface area contributed by atoms with Gasteiger partial charge in [0.2, 0.25) is 0 Å². The summed E-state index contributed by atoms with van der Waals surface area (Å²) in [5, 5.41) is 33.7. The van der Waals surface area contributed by atoms with Crippen molar-refractivity contribution in [1.29, 1.82) is 0 Å². The number of halogens is 2. The molecule has 0 spiro atoms. The summed E-state index contributed by atoms with van der Waals surface area (Å²) in [5.74, 6) is 1.24. The van der Waals surface area contributed by atoms with Crippen LogP contribution in [0.3, 0.4) is 0 Å². The van der Waals surface area contributed by atoms with Crippen LogP contribution in [0.4, 0.5) is 0 Å². The number of rotatable bonds is 12. The van der Waals surface area contributed by atoms with Crippen LogP contribution in [0.2, 0.25) is 5.02 Å². The Bertz CT molecular complexity index is 1050. The van der Waals surface area contributed by atoms with E-state index in [1.54, 1.807) is 16.2 Å². The van der Waals surface area contributed by atoms with E-state index in [1.165, 1.54) is 0 Å². The van der Waals surface area contributed by atoms with E-state index in [9.17, 15) is 15.3 Å². The van der Waals surface area contributed by atoms with Crippen molar-refractivity contribution in [2.45, 2.75) is 38.4 Å². The van der Waals surface area contributed by atoms with E-state index in [2.05, 4.69) is 19.3 Å². The number of benzene rings is 2. The summed E-state index contributed by atoms with van der Waals surface area (Å²) in [6.07, 6.45) is -1.51. The van der Waals surface area contributed by atoms with Crippen LogP contribution in [0, 0.1) is 0 Å². The Morgan fingerprint density at radius 2 is 1.64 bits per heavy atom. The van der Waals surface area contributed by atoms with Gasteiger partial charge in [0, 0.05) is 18.2 Å². The highest BCUT2D eigenvalue weighted by Gasteiger charge is 2.27. The van der Waals surface area contributed by atoms with Gasteiger partial charge in [-0.2, -0.15) is 0 Å². The summed E-state index contributed by atoms with van der Waals surface area (Å²) in [7, 11) is 1.82. The number of β-amino-alcohol motifs (C(OH)–C–C–N with tert-alkyl or cyclic N) is 1. The number of aliphatic hydroxyl groups excluding tert-OH is 3. The zero-order chi connectivity index (χ0) is 26.5. The van der Waals surface area contributed by atoms with Crippen molar-refractivity contribution >= 4 is 23.2 Å². The fraction of sp³-hybridized carbons (Fsp3) is 0.462. The smallest absolute Gasteiger partial charge is 0.138 e. The minimum Gasteiger partial charge on any atom is -0.491 e. The normalized spacial score (nSPS) is 16.2. The molecular weight excluding hydrogens is 505 g/mol. The molecule has 1 heterocycles. The summed E-state index contributed by atoms with van der Waals surface area (Å²) in [6.45, 7) is 6.43. The van der Waals surface area contributed by atoms with Gasteiger partial charge in [-0.1, -0.05) is 43.6 Å². The number of hydrazine groups is 2. The Labute approximate surface area is 222 Å². The van der Waals surface area contributed by atoms with E-state index in [-0.39, 0.29) is 37.7 Å². The van der Waals surface area contributed by atoms with E-state index in [0.29, 0.717) is 16.5 Å².